The molecule has 0 aliphatic carbocycles. The Kier molecular flexibility index (Phi) is 45.1. The van der Waals surface area contributed by atoms with Gasteiger partial charge >= 0.3 is 0 Å². The number of benzene rings is 5. The van der Waals surface area contributed by atoms with Gasteiger partial charge in [-0.05, 0) is 180 Å². The van der Waals surface area contributed by atoms with Crippen molar-refractivity contribution in [3.05, 3.63) is 222 Å². The summed E-state index contributed by atoms with van der Waals surface area (Å²) in [7, 11) is 0. The lowest BCUT2D eigenvalue weighted by atomic mass is 9.91. The smallest absolute Gasteiger partial charge is 0.248 e. The Balaban J connectivity index is -0.000000915. The fourth-order valence-corrected chi connectivity index (χ4v) is 6.43. The van der Waals surface area contributed by atoms with Gasteiger partial charge in [0, 0.05) is 12.5 Å². The van der Waals surface area contributed by atoms with E-state index < -0.39 is 0 Å². The fourth-order valence-electron chi connectivity index (χ4n) is 6.43. The maximum absolute atomic E-state index is 4.98. The third-order valence-corrected chi connectivity index (χ3v) is 10.00. The summed E-state index contributed by atoms with van der Waals surface area (Å²) in [6.07, 6.45) is 29.8. The molecule has 396 valence electrons. The second-order valence-corrected chi connectivity index (χ2v) is 16.3. The van der Waals surface area contributed by atoms with Crippen molar-refractivity contribution in [3.63, 3.8) is 0 Å². The molecule has 1 aliphatic rings. The van der Waals surface area contributed by atoms with Crippen LogP contribution in [-0.4, -0.2) is 29.4 Å². The average Bonchev–Trinajstić information content (AvgIpc) is 3.87. The predicted octanol–water partition coefficient (Wildman–Crippen LogP) is 21.6. The standard InChI is InChI=1S/C27H24.C14H17N2.C9H11N.C6H10.C5H10.C4H8.3C2H6/c1-19-9-4-6-13-25(19)24-12-8-11-22(17-24)23-16-15-21(3)27(18-23)26-14-7-5-10-20(26)2;1-11-8-9-16(10-11)13(3)15-14-7-5-4-6-12(14)2;1-4-7-9(6-3)10-8-5-2;1-3-5-6-4-2;1-3-5-4-2;1-4(2)3;3*1-2/h4-18H,1-3H3;4-8,10H,9H2,1-3H3;2,4,6-8H,1,3H3;3-6H,1-2H3;3,5H,4H2,1-2H3;1H2,2-3H3;3*1-2H3/q;+1;;;;;;;/b;;7-4+,9-6-,10-8?;5-3-,6-4-;5-3-;;;;. The summed E-state index contributed by atoms with van der Waals surface area (Å²) in [5.41, 5.74) is 17.3. The van der Waals surface area contributed by atoms with Crippen molar-refractivity contribution >= 4 is 24.0 Å². The van der Waals surface area contributed by atoms with Crippen LogP contribution in [-0.2, 0) is 0 Å². The first-order valence-corrected chi connectivity index (χ1v) is 26.7. The molecule has 3 nitrogen and oxygen atoms in total. The van der Waals surface area contributed by atoms with Crippen molar-refractivity contribution in [1.82, 2.24) is 0 Å². The summed E-state index contributed by atoms with van der Waals surface area (Å²) >= 11 is 0. The van der Waals surface area contributed by atoms with Crippen LogP contribution in [0.25, 0.3) is 33.4 Å². The van der Waals surface area contributed by atoms with Crippen LogP contribution >= 0.6 is 0 Å². The number of nitrogens with zero attached hydrogens (tertiary/aromatic N) is 3. The zero-order valence-electron chi connectivity index (χ0n) is 49.9. The zero-order valence-corrected chi connectivity index (χ0v) is 49.9. The first-order chi connectivity index (χ1) is 35.7. The number of para-hydroxylation sites is 1. The third kappa shape index (κ3) is 31.3. The SMILES string of the molecule is C#CC=NC(=C\C)/C=C/C.C/C=C\C=C/C.C/C=C\CC.C=C(C)C.CC.CC.CC.CC1=CC[N+](C(C)=Nc2ccccc2C)=C1.Cc1ccccc1-c1cccc(-c2ccc(C)c(-c3ccccc3C)c2)c1. The summed E-state index contributed by atoms with van der Waals surface area (Å²) in [4.78, 5) is 8.62. The summed E-state index contributed by atoms with van der Waals surface area (Å²) < 4.78 is 2.17. The van der Waals surface area contributed by atoms with E-state index in [1.54, 1.807) is 0 Å². The van der Waals surface area contributed by atoms with Crippen molar-refractivity contribution < 1.29 is 4.58 Å². The molecule has 1 heterocycles. The molecule has 5 aromatic carbocycles. The number of rotatable bonds is 8. The Hall–Kier alpha value is -7.15. The minimum atomic E-state index is 0.889. The van der Waals surface area contributed by atoms with Crippen LogP contribution in [0.15, 0.2) is 209 Å². The third-order valence-electron chi connectivity index (χ3n) is 10.00. The highest BCUT2D eigenvalue weighted by molar-refractivity contribution is 5.85. The van der Waals surface area contributed by atoms with Gasteiger partial charge in [0.25, 0.3) is 5.84 Å². The monoisotopic (exact) mass is 993 g/mol. The first kappa shape index (κ1) is 71.1. The molecule has 0 saturated carbocycles. The molecule has 74 heavy (non-hydrogen) atoms. The lowest BCUT2D eigenvalue weighted by molar-refractivity contribution is -0.386. The molecule has 0 radical (unpaired) electrons. The Labute approximate surface area is 455 Å². The van der Waals surface area contributed by atoms with Crippen molar-refractivity contribution in [2.75, 3.05) is 6.54 Å². The highest BCUT2D eigenvalue weighted by atomic mass is 15.1. The molecular formula is C71H98N3+. The molecule has 0 amide bonds. The molecule has 0 N–H and O–H groups in total. The van der Waals surface area contributed by atoms with Crippen LogP contribution in [0, 0.1) is 40.0 Å². The van der Waals surface area contributed by atoms with Gasteiger partial charge in [-0.15, -0.1) is 13.0 Å². The first-order valence-electron chi connectivity index (χ1n) is 26.7. The molecule has 6 rings (SSSR count). The quantitative estimate of drug-likeness (QED) is 0.0370. The van der Waals surface area contributed by atoms with Crippen LogP contribution < -0.4 is 0 Å². The Morgan fingerprint density at radius 2 is 1.09 bits per heavy atom. The molecule has 0 bridgehead atoms. The maximum atomic E-state index is 4.98. The van der Waals surface area contributed by atoms with Gasteiger partial charge in [-0.2, -0.15) is 0 Å². The Bertz CT molecular complexity index is 2610. The number of hydrogen-bond acceptors (Lipinski definition) is 2. The second-order valence-electron chi connectivity index (χ2n) is 16.3. The van der Waals surface area contributed by atoms with Gasteiger partial charge in [0.15, 0.2) is 5.69 Å². The van der Waals surface area contributed by atoms with Gasteiger partial charge in [0.05, 0.1) is 18.1 Å². The van der Waals surface area contributed by atoms with Crippen LogP contribution in [0.3, 0.4) is 0 Å². The maximum Gasteiger partial charge on any atom is 0.296 e. The highest BCUT2D eigenvalue weighted by Crippen LogP contribution is 2.33. The van der Waals surface area contributed by atoms with Crippen molar-refractivity contribution in [3.8, 4) is 45.7 Å². The summed E-state index contributed by atoms with van der Waals surface area (Å²) in [5, 5.41) is 0. The van der Waals surface area contributed by atoms with Crippen molar-refractivity contribution in [2.24, 2.45) is 9.98 Å². The largest absolute Gasteiger partial charge is 0.296 e. The molecule has 0 atom stereocenters. The number of amidine groups is 1. The van der Waals surface area contributed by atoms with Gasteiger partial charge in [0.1, 0.15) is 6.54 Å². The summed E-state index contributed by atoms with van der Waals surface area (Å²) in [6.45, 7) is 45.2. The number of aliphatic imine (C=N–C) groups is 2. The van der Waals surface area contributed by atoms with Crippen LogP contribution in [0.5, 0.6) is 0 Å². The Morgan fingerprint density at radius 3 is 1.54 bits per heavy atom. The normalized spacial score (nSPS) is 11.3. The van der Waals surface area contributed by atoms with E-state index in [1.165, 1.54) is 73.0 Å². The van der Waals surface area contributed by atoms with E-state index in [-0.39, 0.29) is 0 Å². The minimum absolute atomic E-state index is 0.889. The molecule has 0 spiro atoms. The molecule has 0 unspecified atom stereocenters. The fraction of sp³-hybridized carbons (Fsp3) is 0.310. The van der Waals surface area contributed by atoms with Crippen LogP contribution in [0.1, 0.15) is 139 Å². The van der Waals surface area contributed by atoms with Gasteiger partial charge in [-0.25, -0.2) is 9.57 Å². The highest BCUT2D eigenvalue weighted by Gasteiger charge is 2.13. The number of hydrogen-bond donors (Lipinski definition) is 0. The lowest BCUT2D eigenvalue weighted by Crippen LogP contribution is -2.15. The molecule has 1 aliphatic heterocycles. The lowest BCUT2D eigenvalue weighted by Gasteiger charge is -2.13. The topological polar surface area (TPSA) is 27.7 Å². The molecule has 3 heteroatoms. The Morgan fingerprint density at radius 1 is 0.595 bits per heavy atom. The number of terminal acetylenes is 1. The second kappa shape index (κ2) is 46.9. The molecule has 5 aromatic rings. The summed E-state index contributed by atoms with van der Waals surface area (Å²) in [6, 6.07) is 41.0. The molecular weight excluding hydrogens is 895 g/mol. The molecule has 0 fully saturated rings. The van der Waals surface area contributed by atoms with Gasteiger partial charge in [0.2, 0.25) is 0 Å². The number of aryl methyl sites for hydroxylation is 4. The minimum Gasteiger partial charge on any atom is -0.248 e. The van der Waals surface area contributed by atoms with Gasteiger partial charge in [-0.1, -0.05) is 206 Å². The van der Waals surface area contributed by atoms with Gasteiger partial charge in [-0.3, -0.25) is 0 Å². The van der Waals surface area contributed by atoms with Crippen molar-refractivity contribution in [2.45, 2.75) is 145 Å². The van der Waals surface area contributed by atoms with E-state index in [0.717, 1.165) is 30.2 Å². The van der Waals surface area contributed by atoms with Gasteiger partial charge < -0.3 is 0 Å². The van der Waals surface area contributed by atoms with E-state index in [9.17, 15) is 0 Å². The number of allylic oxidation sites excluding steroid dienone is 11. The zero-order chi connectivity index (χ0) is 56.7. The van der Waals surface area contributed by atoms with Crippen LogP contribution in [0.2, 0.25) is 0 Å². The van der Waals surface area contributed by atoms with Crippen LogP contribution in [0.4, 0.5) is 5.69 Å². The van der Waals surface area contributed by atoms with E-state index in [1.807, 2.05) is 145 Å². The summed E-state index contributed by atoms with van der Waals surface area (Å²) in [5.74, 6) is 3.37. The van der Waals surface area contributed by atoms with E-state index in [0.29, 0.717) is 0 Å². The van der Waals surface area contributed by atoms with E-state index in [2.05, 4.69) is 203 Å². The van der Waals surface area contributed by atoms with Crippen molar-refractivity contribution in [1.29, 1.82) is 0 Å². The van der Waals surface area contributed by atoms with E-state index >= 15 is 0 Å². The molecule has 0 aromatic heterocycles. The van der Waals surface area contributed by atoms with E-state index in [4.69, 9.17) is 6.42 Å². The predicted molar refractivity (Wildman–Crippen MR) is 341 cm³/mol. The molecule has 0 saturated heterocycles. The average molecular weight is 994 g/mol.